The molecule has 0 saturated carbocycles. The highest BCUT2D eigenvalue weighted by molar-refractivity contribution is 5.73. The van der Waals surface area contributed by atoms with Crippen LogP contribution < -0.4 is 5.32 Å². The molecule has 0 aliphatic carbocycles. The second-order valence-electron chi connectivity index (χ2n) is 4.68. The first-order chi connectivity index (χ1) is 8.25. The Bertz CT molecular complexity index is 535. The van der Waals surface area contributed by atoms with Crippen LogP contribution in [-0.2, 0) is 6.42 Å². The lowest BCUT2D eigenvalue weighted by molar-refractivity contribution is 0.0609. The molecule has 2 aromatic rings. The predicted octanol–water partition coefficient (Wildman–Crippen LogP) is 0.897. The highest BCUT2D eigenvalue weighted by Gasteiger charge is 2.31. The molecule has 0 radical (unpaired) electrons. The summed E-state index contributed by atoms with van der Waals surface area (Å²) in [4.78, 5) is 8.89. The molecule has 1 aromatic carbocycles. The number of β-amino-alcohol motifs (C(OH)–C–C–N with tert-alkyl or cyclic N) is 1. The van der Waals surface area contributed by atoms with Crippen molar-refractivity contribution in [2.45, 2.75) is 18.4 Å². The molecule has 17 heavy (non-hydrogen) atoms. The Labute approximate surface area is 99.7 Å². The first-order valence-electron chi connectivity index (χ1n) is 5.89. The largest absolute Gasteiger partial charge is 0.388 e. The molecule has 0 amide bonds. The fourth-order valence-corrected chi connectivity index (χ4v) is 2.30. The van der Waals surface area contributed by atoms with Gasteiger partial charge in [0.1, 0.15) is 0 Å². The maximum Gasteiger partial charge on any atom is 0.0890 e. The molecule has 1 atom stereocenters. The lowest BCUT2D eigenvalue weighted by Gasteiger charge is -2.20. The van der Waals surface area contributed by atoms with Crippen LogP contribution in [0.1, 0.15) is 12.1 Å². The first-order valence-corrected chi connectivity index (χ1v) is 5.89. The number of nitrogens with one attached hydrogen (secondary N) is 1. The van der Waals surface area contributed by atoms with Gasteiger partial charge in [-0.1, -0.05) is 12.1 Å². The van der Waals surface area contributed by atoms with Crippen LogP contribution in [-0.4, -0.2) is 33.8 Å². The van der Waals surface area contributed by atoms with Gasteiger partial charge in [0.05, 0.1) is 22.3 Å². The van der Waals surface area contributed by atoms with Crippen molar-refractivity contribution in [1.82, 2.24) is 15.3 Å². The van der Waals surface area contributed by atoms with E-state index in [4.69, 9.17) is 0 Å². The average Bonchev–Trinajstić information content (AvgIpc) is 2.76. The van der Waals surface area contributed by atoms with Crippen molar-refractivity contribution in [1.29, 1.82) is 0 Å². The number of aliphatic hydroxyl groups is 1. The summed E-state index contributed by atoms with van der Waals surface area (Å²) in [5, 5.41) is 13.5. The molecular weight excluding hydrogens is 214 g/mol. The SMILES string of the molecule is OC1(Cc2cnc3ccccc3n2)CCNC1. The van der Waals surface area contributed by atoms with Crippen LogP contribution in [0.15, 0.2) is 30.5 Å². The Balaban J connectivity index is 1.90. The Morgan fingerprint density at radius 1 is 1.29 bits per heavy atom. The highest BCUT2D eigenvalue weighted by Crippen LogP contribution is 2.20. The minimum Gasteiger partial charge on any atom is -0.388 e. The van der Waals surface area contributed by atoms with Crippen LogP contribution in [0.3, 0.4) is 0 Å². The van der Waals surface area contributed by atoms with E-state index in [0.717, 1.165) is 29.7 Å². The smallest absolute Gasteiger partial charge is 0.0890 e. The topological polar surface area (TPSA) is 58.0 Å². The van der Waals surface area contributed by atoms with Crippen LogP contribution in [0.4, 0.5) is 0 Å². The van der Waals surface area contributed by atoms with Crippen LogP contribution in [0, 0.1) is 0 Å². The van der Waals surface area contributed by atoms with Gasteiger partial charge in [0, 0.05) is 19.2 Å². The number of hydrogen-bond donors (Lipinski definition) is 2. The van der Waals surface area contributed by atoms with Crippen LogP contribution in [0.25, 0.3) is 11.0 Å². The van der Waals surface area contributed by atoms with E-state index in [-0.39, 0.29) is 0 Å². The van der Waals surface area contributed by atoms with Gasteiger partial charge < -0.3 is 10.4 Å². The van der Waals surface area contributed by atoms with Gasteiger partial charge >= 0.3 is 0 Å². The van der Waals surface area contributed by atoms with Crippen molar-refractivity contribution in [3.63, 3.8) is 0 Å². The summed E-state index contributed by atoms with van der Waals surface area (Å²) in [7, 11) is 0. The Morgan fingerprint density at radius 3 is 2.88 bits per heavy atom. The van der Waals surface area contributed by atoms with Gasteiger partial charge in [-0.3, -0.25) is 4.98 Å². The fraction of sp³-hybridized carbons (Fsp3) is 0.385. The summed E-state index contributed by atoms with van der Waals surface area (Å²) >= 11 is 0. The van der Waals surface area contributed by atoms with E-state index in [9.17, 15) is 5.11 Å². The monoisotopic (exact) mass is 229 g/mol. The van der Waals surface area contributed by atoms with Gasteiger partial charge in [-0.05, 0) is 25.1 Å². The lowest BCUT2D eigenvalue weighted by atomic mass is 9.97. The maximum absolute atomic E-state index is 10.3. The molecular formula is C13H15N3O. The van der Waals surface area contributed by atoms with Crippen molar-refractivity contribution in [2.24, 2.45) is 0 Å². The zero-order valence-corrected chi connectivity index (χ0v) is 9.56. The predicted molar refractivity (Wildman–Crippen MR) is 65.7 cm³/mol. The third-order valence-corrected chi connectivity index (χ3v) is 3.23. The van der Waals surface area contributed by atoms with E-state index in [1.165, 1.54) is 0 Å². The molecule has 4 nitrogen and oxygen atoms in total. The van der Waals surface area contributed by atoms with E-state index < -0.39 is 5.60 Å². The van der Waals surface area contributed by atoms with Crippen LogP contribution >= 0.6 is 0 Å². The molecule has 0 bridgehead atoms. The second kappa shape index (κ2) is 4.05. The standard InChI is InChI=1S/C13H15N3O/c17-13(5-6-14-9-13)7-10-8-15-11-3-1-2-4-12(11)16-10/h1-4,8,14,17H,5-7,9H2. The highest BCUT2D eigenvalue weighted by atomic mass is 16.3. The van der Waals surface area contributed by atoms with Gasteiger partial charge in [0.2, 0.25) is 0 Å². The summed E-state index contributed by atoms with van der Waals surface area (Å²) in [5.74, 6) is 0. The molecule has 0 spiro atoms. The van der Waals surface area contributed by atoms with Gasteiger partial charge in [0.25, 0.3) is 0 Å². The molecule has 88 valence electrons. The number of fused-ring (bicyclic) bond motifs is 1. The molecule has 1 unspecified atom stereocenters. The normalized spacial score (nSPS) is 24.3. The molecule has 1 saturated heterocycles. The van der Waals surface area contributed by atoms with Gasteiger partial charge in [0.15, 0.2) is 0 Å². The van der Waals surface area contributed by atoms with Crippen molar-refractivity contribution >= 4 is 11.0 Å². The third kappa shape index (κ3) is 2.14. The Kier molecular flexibility index (Phi) is 2.53. The van der Waals surface area contributed by atoms with E-state index in [0.29, 0.717) is 13.0 Å². The summed E-state index contributed by atoms with van der Waals surface area (Å²) in [6.07, 6.45) is 3.11. The fourth-order valence-electron chi connectivity index (χ4n) is 2.30. The van der Waals surface area contributed by atoms with Gasteiger partial charge in [-0.15, -0.1) is 0 Å². The summed E-state index contributed by atoms with van der Waals surface area (Å²) in [6, 6.07) is 7.79. The van der Waals surface area contributed by atoms with Crippen LogP contribution in [0.5, 0.6) is 0 Å². The Hall–Kier alpha value is -1.52. The molecule has 3 rings (SSSR count). The van der Waals surface area contributed by atoms with Crippen molar-refractivity contribution < 1.29 is 5.11 Å². The summed E-state index contributed by atoms with van der Waals surface area (Å²) in [6.45, 7) is 1.51. The van der Waals surface area contributed by atoms with Gasteiger partial charge in [-0.2, -0.15) is 0 Å². The molecule has 1 aliphatic heterocycles. The zero-order valence-electron chi connectivity index (χ0n) is 9.56. The van der Waals surface area contributed by atoms with Crippen molar-refractivity contribution in [2.75, 3.05) is 13.1 Å². The van der Waals surface area contributed by atoms with Crippen LogP contribution in [0.2, 0.25) is 0 Å². The van der Waals surface area contributed by atoms with E-state index >= 15 is 0 Å². The number of benzene rings is 1. The van der Waals surface area contributed by atoms with E-state index in [2.05, 4.69) is 15.3 Å². The zero-order chi connectivity index (χ0) is 11.7. The van der Waals surface area contributed by atoms with Crippen molar-refractivity contribution in [3.8, 4) is 0 Å². The number of rotatable bonds is 2. The number of nitrogens with zero attached hydrogens (tertiary/aromatic N) is 2. The molecule has 1 aromatic heterocycles. The van der Waals surface area contributed by atoms with E-state index in [1.54, 1.807) is 6.20 Å². The Morgan fingerprint density at radius 2 is 2.12 bits per heavy atom. The number of aromatic nitrogens is 2. The molecule has 2 heterocycles. The first kappa shape index (κ1) is 10.6. The van der Waals surface area contributed by atoms with E-state index in [1.807, 2.05) is 24.3 Å². The lowest BCUT2D eigenvalue weighted by Crippen LogP contribution is -2.34. The summed E-state index contributed by atoms with van der Waals surface area (Å²) < 4.78 is 0. The average molecular weight is 229 g/mol. The summed E-state index contributed by atoms with van der Waals surface area (Å²) in [5.41, 5.74) is 1.99. The maximum atomic E-state index is 10.3. The molecule has 1 fully saturated rings. The number of hydrogen-bond acceptors (Lipinski definition) is 4. The third-order valence-electron chi connectivity index (χ3n) is 3.23. The minimum absolute atomic E-state index is 0.567. The number of para-hydroxylation sites is 2. The quantitative estimate of drug-likeness (QED) is 0.803. The second-order valence-corrected chi connectivity index (χ2v) is 4.68. The molecule has 4 heteroatoms. The van der Waals surface area contributed by atoms with Crippen molar-refractivity contribution in [3.05, 3.63) is 36.2 Å². The van der Waals surface area contributed by atoms with Gasteiger partial charge in [-0.25, -0.2) is 4.98 Å². The molecule has 1 aliphatic rings. The molecule has 2 N–H and O–H groups in total. The minimum atomic E-state index is -0.656.